The summed E-state index contributed by atoms with van der Waals surface area (Å²) in [4.78, 5) is 0. The van der Waals surface area contributed by atoms with Gasteiger partial charge in [-0.05, 0) is 48.9 Å². The van der Waals surface area contributed by atoms with Crippen molar-refractivity contribution in [3.05, 3.63) is 69.2 Å². The number of halogens is 4. The van der Waals surface area contributed by atoms with E-state index in [1.807, 2.05) is 0 Å². The molecular weight excluding hydrogens is 303 g/mol. The molecular formula is C15H13Cl2F2N. The normalized spacial score (nSPS) is 12.4. The largest absolute Gasteiger partial charge is 0.313 e. The van der Waals surface area contributed by atoms with Crippen LogP contribution in [0.5, 0.6) is 0 Å². The van der Waals surface area contributed by atoms with E-state index in [0.29, 0.717) is 17.0 Å². The second-order valence-corrected chi connectivity index (χ2v) is 5.30. The molecule has 0 heterocycles. The fourth-order valence-corrected chi connectivity index (χ4v) is 2.37. The highest BCUT2D eigenvalue weighted by atomic mass is 35.5. The molecule has 2 aromatic carbocycles. The van der Waals surface area contributed by atoms with Gasteiger partial charge in [-0.2, -0.15) is 0 Å². The molecule has 1 atom stereocenters. The monoisotopic (exact) mass is 315 g/mol. The van der Waals surface area contributed by atoms with E-state index in [9.17, 15) is 8.78 Å². The van der Waals surface area contributed by atoms with Crippen LogP contribution in [0.3, 0.4) is 0 Å². The van der Waals surface area contributed by atoms with Crippen LogP contribution in [0.25, 0.3) is 0 Å². The molecule has 0 fully saturated rings. The average molecular weight is 316 g/mol. The second kappa shape index (κ2) is 6.53. The van der Waals surface area contributed by atoms with Gasteiger partial charge in [-0.15, -0.1) is 0 Å². The van der Waals surface area contributed by atoms with Gasteiger partial charge in [0.15, 0.2) is 0 Å². The van der Waals surface area contributed by atoms with Gasteiger partial charge < -0.3 is 5.32 Å². The number of benzene rings is 2. The topological polar surface area (TPSA) is 12.0 Å². The van der Waals surface area contributed by atoms with Crippen LogP contribution in [0, 0.1) is 11.6 Å². The summed E-state index contributed by atoms with van der Waals surface area (Å²) in [6, 6.07) is 8.89. The molecule has 0 bridgehead atoms. The molecule has 1 N–H and O–H groups in total. The van der Waals surface area contributed by atoms with Crippen LogP contribution in [0.2, 0.25) is 10.0 Å². The van der Waals surface area contributed by atoms with Gasteiger partial charge in [0, 0.05) is 11.1 Å². The quantitative estimate of drug-likeness (QED) is 0.856. The van der Waals surface area contributed by atoms with E-state index in [1.54, 1.807) is 31.3 Å². The first-order valence-electron chi connectivity index (χ1n) is 6.07. The van der Waals surface area contributed by atoms with Crippen LogP contribution in [-0.4, -0.2) is 7.05 Å². The molecule has 1 nitrogen and oxygen atoms in total. The van der Waals surface area contributed by atoms with Crippen LogP contribution in [0.4, 0.5) is 8.78 Å². The summed E-state index contributed by atoms with van der Waals surface area (Å²) in [5.74, 6) is -0.825. The minimum atomic E-state index is -0.469. The lowest BCUT2D eigenvalue weighted by Crippen LogP contribution is -2.19. The van der Waals surface area contributed by atoms with Crippen LogP contribution >= 0.6 is 23.2 Å². The van der Waals surface area contributed by atoms with E-state index < -0.39 is 5.82 Å². The van der Waals surface area contributed by atoms with Gasteiger partial charge in [0.1, 0.15) is 11.6 Å². The first-order valence-corrected chi connectivity index (χ1v) is 6.83. The van der Waals surface area contributed by atoms with E-state index >= 15 is 0 Å². The van der Waals surface area contributed by atoms with Crippen molar-refractivity contribution in [1.82, 2.24) is 5.32 Å². The van der Waals surface area contributed by atoms with Crippen molar-refractivity contribution in [3.8, 4) is 0 Å². The molecule has 1 unspecified atom stereocenters. The first kappa shape index (κ1) is 15.2. The molecule has 20 heavy (non-hydrogen) atoms. The fraction of sp³-hybridized carbons (Fsp3) is 0.200. The molecule has 0 saturated carbocycles. The van der Waals surface area contributed by atoms with Gasteiger partial charge in [-0.3, -0.25) is 0 Å². The smallest absolute Gasteiger partial charge is 0.141 e. The maximum absolute atomic E-state index is 13.8. The Morgan fingerprint density at radius 3 is 2.40 bits per heavy atom. The van der Waals surface area contributed by atoms with E-state index in [4.69, 9.17) is 23.2 Å². The Kier molecular flexibility index (Phi) is 4.97. The number of likely N-dealkylation sites (N-methyl/N-ethyl adjacent to an activating group) is 1. The van der Waals surface area contributed by atoms with E-state index in [1.165, 1.54) is 12.1 Å². The summed E-state index contributed by atoms with van der Waals surface area (Å²) < 4.78 is 27.0. The van der Waals surface area contributed by atoms with E-state index in [0.717, 1.165) is 5.56 Å². The highest BCUT2D eigenvalue weighted by Gasteiger charge is 2.14. The summed E-state index contributed by atoms with van der Waals surface area (Å²) in [7, 11) is 1.76. The van der Waals surface area contributed by atoms with Crippen molar-refractivity contribution >= 4 is 23.2 Å². The van der Waals surface area contributed by atoms with E-state index in [-0.39, 0.29) is 16.9 Å². The summed E-state index contributed by atoms with van der Waals surface area (Å²) in [6.45, 7) is 0. The number of hydrogen-bond acceptors (Lipinski definition) is 1. The highest BCUT2D eigenvalue weighted by molar-refractivity contribution is 6.31. The third-order valence-corrected chi connectivity index (χ3v) is 3.66. The molecule has 0 saturated heterocycles. The lowest BCUT2D eigenvalue weighted by atomic mass is 9.98. The van der Waals surface area contributed by atoms with Gasteiger partial charge in [-0.25, -0.2) is 8.78 Å². The minimum absolute atomic E-state index is 0.0549. The summed E-state index contributed by atoms with van der Waals surface area (Å²) in [5, 5.41) is 3.49. The molecule has 2 rings (SSSR count). The van der Waals surface area contributed by atoms with Gasteiger partial charge in [0.05, 0.1) is 5.02 Å². The fourth-order valence-electron chi connectivity index (χ4n) is 2.02. The standard InChI is InChI=1S/C15H13Cl2F2N/c1-20-15(10-3-5-13(18)12(17)6-10)7-9-2-4-11(16)8-14(9)19/h2-6,8,15,20H,7H2,1H3. The Morgan fingerprint density at radius 1 is 1.05 bits per heavy atom. The van der Waals surface area contributed by atoms with E-state index in [2.05, 4.69) is 5.32 Å². The molecule has 0 spiro atoms. The van der Waals surface area contributed by atoms with Crippen molar-refractivity contribution in [3.63, 3.8) is 0 Å². The Labute approximate surface area is 126 Å². The molecule has 0 aliphatic carbocycles. The lowest BCUT2D eigenvalue weighted by Gasteiger charge is -2.17. The van der Waals surface area contributed by atoms with Crippen molar-refractivity contribution in [2.45, 2.75) is 12.5 Å². The van der Waals surface area contributed by atoms with Crippen molar-refractivity contribution < 1.29 is 8.78 Å². The number of rotatable bonds is 4. The third kappa shape index (κ3) is 3.48. The summed E-state index contributed by atoms with van der Waals surface area (Å²) in [6.07, 6.45) is 0.418. The number of hydrogen-bond donors (Lipinski definition) is 1. The minimum Gasteiger partial charge on any atom is -0.313 e. The molecule has 0 aliphatic rings. The average Bonchev–Trinajstić information content (AvgIpc) is 2.41. The van der Waals surface area contributed by atoms with Crippen LogP contribution in [0.1, 0.15) is 17.2 Å². The molecule has 106 valence electrons. The Hall–Kier alpha value is -1.16. The predicted octanol–water partition coefficient (Wildman–Crippen LogP) is 4.77. The maximum Gasteiger partial charge on any atom is 0.141 e. The Bertz CT molecular complexity index is 617. The molecule has 0 aromatic heterocycles. The molecule has 0 aliphatic heterocycles. The zero-order chi connectivity index (χ0) is 14.7. The third-order valence-electron chi connectivity index (χ3n) is 3.13. The van der Waals surface area contributed by atoms with Crippen molar-refractivity contribution in [2.24, 2.45) is 0 Å². The second-order valence-electron chi connectivity index (χ2n) is 4.45. The van der Waals surface area contributed by atoms with Gasteiger partial charge in [0.25, 0.3) is 0 Å². The van der Waals surface area contributed by atoms with Gasteiger partial charge >= 0.3 is 0 Å². The summed E-state index contributed by atoms with van der Waals surface area (Å²) in [5.41, 5.74) is 1.34. The lowest BCUT2D eigenvalue weighted by molar-refractivity contribution is 0.552. The SMILES string of the molecule is CNC(Cc1ccc(Cl)cc1F)c1ccc(F)c(Cl)c1. The van der Waals surface area contributed by atoms with Gasteiger partial charge in [0.2, 0.25) is 0 Å². The van der Waals surface area contributed by atoms with Crippen LogP contribution in [0.15, 0.2) is 36.4 Å². The highest BCUT2D eigenvalue weighted by Crippen LogP contribution is 2.25. The predicted molar refractivity (Wildman–Crippen MR) is 78.3 cm³/mol. The number of nitrogens with one attached hydrogen (secondary N) is 1. The molecule has 0 radical (unpaired) electrons. The zero-order valence-corrected chi connectivity index (χ0v) is 12.3. The van der Waals surface area contributed by atoms with Crippen molar-refractivity contribution in [2.75, 3.05) is 7.05 Å². The zero-order valence-electron chi connectivity index (χ0n) is 10.8. The molecule has 0 amide bonds. The van der Waals surface area contributed by atoms with Gasteiger partial charge in [-0.1, -0.05) is 35.3 Å². The Balaban J connectivity index is 2.26. The Morgan fingerprint density at radius 2 is 1.80 bits per heavy atom. The first-order chi connectivity index (χ1) is 9.51. The maximum atomic E-state index is 13.8. The van der Waals surface area contributed by atoms with Crippen LogP contribution < -0.4 is 5.32 Å². The molecule has 5 heteroatoms. The molecule has 2 aromatic rings. The summed E-state index contributed by atoms with van der Waals surface area (Å²) >= 11 is 11.5. The van der Waals surface area contributed by atoms with Crippen LogP contribution in [-0.2, 0) is 6.42 Å². The van der Waals surface area contributed by atoms with Crippen molar-refractivity contribution in [1.29, 1.82) is 0 Å².